The Balaban J connectivity index is 1.54. The first-order chi connectivity index (χ1) is 12.0. The molecule has 3 saturated heterocycles. The van der Waals surface area contributed by atoms with Crippen LogP contribution >= 0.6 is 0 Å². The van der Waals surface area contributed by atoms with Gasteiger partial charge in [0.15, 0.2) is 0 Å². The number of amides is 4. The number of urea groups is 1. The molecule has 1 aromatic rings. The summed E-state index contributed by atoms with van der Waals surface area (Å²) in [6.45, 7) is 2.90. The van der Waals surface area contributed by atoms with Crippen LogP contribution in [-0.2, 0) is 14.3 Å². The molecule has 7 heteroatoms. The van der Waals surface area contributed by atoms with E-state index in [9.17, 15) is 14.4 Å². The van der Waals surface area contributed by atoms with Crippen LogP contribution in [0.2, 0.25) is 0 Å². The number of anilines is 1. The number of methoxy groups -OCH3 is 1. The summed E-state index contributed by atoms with van der Waals surface area (Å²) in [5, 5.41) is 0. The molecule has 25 heavy (non-hydrogen) atoms. The lowest BCUT2D eigenvalue weighted by Gasteiger charge is -2.23. The Hall–Kier alpha value is -2.41. The Morgan fingerprint density at radius 1 is 1.04 bits per heavy atom. The Labute approximate surface area is 146 Å². The summed E-state index contributed by atoms with van der Waals surface area (Å²) in [6, 6.07) is 6.13. The molecule has 7 nitrogen and oxygen atoms in total. The molecule has 1 aromatic carbocycles. The molecule has 0 radical (unpaired) electrons. The monoisotopic (exact) mass is 343 g/mol. The number of aryl methyl sites for hydroxylation is 1. The van der Waals surface area contributed by atoms with Gasteiger partial charge in [-0.1, -0.05) is 17.7 Å². The molecule has 3 atom stereocenters. The van der Waals surface area contributed by atoms with Crippen LogP contribution in [-0.4, -0.2) is 66.0 Å². The highest BCUT2D eigenvalue weighted by molar-refractivity contribution is 6.11. The fourth-order valence-corrected chi connectivity index (χ4v) is 3.98. The fraction of sp³-hybridized carbons (Fsp3) is 0.500. The lowest BCUT2D eigenvalue weighted by Crippen LogP contribution is -2.47. The quantitative estimate of drug-likeness (QED) is 0.772. The number of imide groups is 1. The molecule has 0 spiro atoms. The summed E-state index contributed by atoms with van der Waals surface area (Å²) in [5.74, 6) is -0.455. The number of ether oxygens (including phenoxy) is 1. The summed E-state index contributed by atoms with van der Waals surface area (Å²) < 4.78 is 5.27. The Bertz CT molecular complexity index is 708. The van der Waals surface area contributed by atoms with Crippen molar-refractivity contribution in [3.8, 4) is 0 Å². The largest absolute Gasteiger partial charge is 0.380 e. The van der Waals surface area contributed by atoms with Crippen molar-refractivity contribution in [2.45, 2.75) is 38.0 Å². The van der Waals surface area contributed by atoms with Gasteiger partial charge in [-0.05, 0) is 25.5 Å². The molecule has 3 aliphatic rings. The van der Waals surface area contributed by atoms with Crippen molar-refractivity contribution >= 4 is 23.5 Å². The van der Waals surface area contributed by atoms with Crippen molar-refractivity contribution in [2.75, 3.05) is 25.1 Å². The van der Waals surface area contributed by atoms with Gasteiger partial charge in [0.1, 0.15) is 12.1 Å². The standard InChI is InChI=1S/C18H21N3O4/c1-11-3-5-12(6-4-11)19-8-7-14(16(19)22)21-17(23)15-9-13(25-2)10-20(15)18(21)24/h3-6,13-15H,7-10H2,1-2H3. The minimum atomic E-state index is -0.701. The topological polar surface area (TPSA) is 70.2 Å². The minimum Gasteiger partial charge on any atom is -0.380 e. The molecule has 3 unspecified atom stereocenters. The SMILES string of the molecule is COC1CC2C(=O)N(C3CCN(c4ccc(C)cc4)C3=O)C(=O)N2C1. The molecule has 0 bridgehead atoms. The highest BCUT2D eigenvalue weighted by Gasteiger charge is 2.55. The van der Waals surface area contributed by atoms with E-state index >= 15 is 0 Å². The van der Waals surface area contributed by atoms with Crippen LogP contribution in [0.3, 0.4) is 0 Å². The van der Waals surface area contributed by atoms with Crippen LogP contribution in [0.15, 0.2) is 24.3 Å². The number of nitrogens with zero attached hydrogens (tertiary/aromatic N) is 3. The van der Waals surface area contributed by atoms with Gasteiger partial charge >= 0.3 is 6.03 Å². The van der Waals surface area contributed by atoms with E-state index in [0.717, 1.165) is 11.3 Å². The Morgan fingerprint density at radius 2 is 1.76 bits per heavy atom. The van der Waals surface area contributed by atoms with Gasteiger partial charge in [-0.2, -0.15) is 0 Å². The molecule has 3 fully saturated rings. The lowest BCUT2D eigenvalue weighted by atomic mass is 10.1. The van der Waals surface area contributed by atoms with Crippen molar-refractivity contribution in [1.82, 2.24) is 9.80 Å². The summed E-state index contributed by atoms with van der Waals surface area (Å²) in [6.07, 6.45) is 0.863. The van der Waals surface area contributed by atoms with Crippen molar-refractivity contribution in [2.24, 2.45) is 0 Å². The van der Waals surface area contributed by atoms with Gasteiger partial charge in [0, 0.05) is 32.3 Å². The lowest BCUT2D eigenvalue weighted by molar-refractivity contribution is -0.134. The van der Waals surface area contributed by atoms with Crippen LogP contribution in [0.5, 0.6) is 0 Å². The molecular formula is C18H21N3O4. The molecule has 0 aliphatic carbocycles. The third-order valence-corrected chi connectivity index (χ3v) is 5.40. The molecule has 3 aliphatic heterocycles. The van der Waals surface area contributed by atoms with Gasteiger partial charge in [-0.15, -0.1) is 0 Å². The Morgan fingerprint density at radius 3 is 2.40 bits per heavy atom. The predicted octanol–water partition coefficient (Wildman–Crippen LogP) is 1.15. The van der Waals surface area contributed by atoms with E-state index < -0.39 is 12.1 Å². The van der Waals surface area contributed by atoms with Crippen LogP contribution < -0.4 is 4.90 Å². The average molecular weight is 343 g/mol. The van der Waals surface area contributed by atoms with Crippen LogP contribution in [0.1, 0.15) is 18.4 Å². The van der Waals surface area contributed by atoms with Crippen LogP contribution in [0.25, 0.3) is 0 Å². The zero-order chi connectivity index (χ0) is 17.7. The van der Waals surface area contributed by atoms with E-state index in [1.165, 1.54) is 9.80 Å². The fourth-order valence-electron chi connectivity index (χ4n) is 3.98. The molecule has 4 amide bonds. The van der Waals surface area contributed by atoms with Crippen molar-refractivity contribution < 1.29 is 19.1 Å². The summed E-state index contributed by atoms with van der Waals surface area (Å²) in [7, 11) is 1.58. The second kappa shape index (κ2) is 5.84. The smallest absolute Gasteiger partial charge is 0.328 e. The second-order valence-electron chi connectivity index (χ2n) is 6.88. The predicted molar refractivity (Wildman–Crippen MR) is 90.1 cm³/mol. The summed E-state index contributed by atoms with van der Waals surface area (Å²) in [4.78, 5) is 42.6. The molecule has 3 heterocycles. The van der Waals surface area contributed by atoms with Gasteiger partial charge in [-0.25, -0.2) is 9.69 Å². The van der Waals surface area contributed by atoms with Gasteiger partial charge in [0.25, 0.3) is 5.91 Å². The highest BCUT2D eigenvalue weighted by atomic mass is 16.5. The van der Waals surface area contributed by atoms with E-state index in [1.807, 2.05) is 31.2 Å². The zero-order valence-corrected chi connectivity index (χ0v) is 14.3. The van der Waals surface area contributed by atoms with Gasteiger partial charge < -0.3 is 14.5 Å². The number of rotatable bonds is 3. The van der Waals surface area contributed by atoms with Gasteiger partial charge in [0.05, 0.1) is 6.10 Å². The maximum Gasteiger partial charge on any atom is 0.328 e. The number of hydrogen-bond acceptors (Lipinski definition) is 4. The molecule has 0 N–H and O–H groups in total. The first-order valence-electron chi connectivity index (χ1n) is 8.55. The number of benzene rings is 1. The third-order valence-electron chi connectivity index (χ3n) is 5.40. The first-order valence-corrected chi connectivity index (χ1v) is 8.55. The number of carbonyl (C=O) groups is 3. The van der Waals surface area contributed by atoms with Gasteiger partial charge in [-0.3, -0.25) is 9.59 Å². The first kappa shape index (κ1) is 16.1. The van der Waals surface area contributed by atoms with Gasteiger partial charge in [0.2, 0.25) is 5.91 Å². The zero-order valence-electron chi connectivity index (χ0n) is 14.3. The maximum atomic E-state index is 12.8. The molecule has 4 rings (SSSR count). The van der Waals surface area contributed by atoms with Crippen LogP contribution in [0.4, 0.5) is 10.5 Å². The summed E-state index contributed by atoms with van der Waals surface area (Å²) in [5.41, 5.74) is 1.92. The number of hydrogen-bond donors (Lipinski definition) is 0. The van der Waals surface area contributed by atoms with E-state index in [2.05, 4.69) is 0 Å². The van der Waals surface area contributed by atoms with Crippen molar-refractivity contribution in [3.05, 3.63) is 29.8 Å². The number of carbonyl (C=O) groups excluding carboxylic acids is 3. The Kier molecular flexibility index (Phi) is 3.76. The highest BCUT2D eigenvalue weighted by Crippen LogP contribution is 2.33. The van der Waals surface area contributed by atoms with E-state index in [-0.39, 0.29) is 23.9 Å². The van der Waals surface area contributed by atoms with E-state index in [1.54, 1.807) is 12.0 Å². The molecule has 0 aromatic heterocycles. The average Bonchev–Trinajstić information content (AvgIpc) is 3.25. The number of fused-ring (bicyclic) bond motifs is 1. The minimum absolute atomic E-state index is 0.108. The summed E-state index contributed by atoms with van der Waals surface area (Å²) >= 11 is 0. The normalized spacial score (nSPS) is 29.1. The van der Waals surface area contributed by atoms with Crippen molar-refractivity contribution in [3.63, 3.8) is 0 Å². The van der Waals surface area contributed by atoms with E-state index in [4.69, 9.17) is 4.74 Å². The molecule has 132 valence electrons. The van der Waals surface area contributed by atoms with E-state index in [0.29, 0.717) is 25.9 Å². The molecule has 0 saturated carbocycles. The van der Waals surface area contributed by atoms with Crippen LogP contribution in [0, 0.1) is 6.92 Å². The third kappa shape index (κ3) is 2.41. The maximum absolute atomic E-state index is 12.8. The molecular weight excluding hydrogens is 322 g/mol. The van der Waals surface area contributed by atoms with Crippen molar-refractivity contribution in [1.29, 1.82) is 0 Å². The second-order valence-corrected chi connectivity index (χ2v) is 6.88.